The van der Waals surface area contributed by atoms with Crippen molar-refractivity contribution in [2.24, 2.45) is 5.92 Å². The van der Waals surface area contributed by atoms with Crippen LogP contribution in [0.3, 0.4) is 0 Å². The van der Waals surface area contributed by atoms with Crippen LogP contribution in [-0.2, 0) is 6.42 Å². The van der Waals surface area contributed by atoms with Gasteiger partial charge in [0.15, 0.2) is 0 Å². The molecule has 2 unspecified atom stereocenters. The molecule has 106 valence electrons. The molecule has 1 N–H and O–H groups in total. The Balaban J connectivity index is 1.91. The van der Waals surface area contributed by atoms with Crippen LogP contribution in [0.1, 0.15) is 44.6 Å². The van der Waals surface area contributed by atoms with Crippen LogP contribution < -0.4 is 5.32 Å². The van der Waals surface area contributed by atoms with E-state index < -0.39 is 11.6 Å². The highest BCUT2D eigenvalue weighted by Gasteiger charge is 2.21. The monoisotopic (exact) mass is 267 g/mol. The van der Waals surface area contributed by atoms with E-state index in [9.17, 15) is 8.78 Å². The summed E-state index contributed by atoms with van der Waals surface area (Å²) in [5, 5.41) is 3.56. The molecule has 0 amide bonds. The molecule has 1 aliphatic rings. The maximum absolute atomic E-state index is 13.2. The zero-order valence-electron chi connectivity index (χ0n) is 11.6. The van der Waals surface area contributed by atoms with Gasteiger partial charge in [0, 0.05) is 12.1 Å². The average Bonchev–Trinajstić information content (AvgIpc) is 2.35. The molecule has 0 heterocycles. The number of nitrogens with one attached hydrogen (secondary N) is 1. The van der Waals surface area contributed by atoms with Crippen molar-refractivity contribution in [2.75, 3.05) is 6.54 Å². The maximum Gasteiger partial charge on any atom is 0.126 e. The first-order valence-electron chi connectivity index (χ1n) is 7.35. The molecule has 0 radical (unpaired) electrons. The molecule has 0 bridgehead atoms. The zero-order chi connectivity index (χ0) is 13.7. The van der Waals surface area contributed by atoms with Crippen molar-refractivity contribution >= 4 is 0 Å². The van der Waals surface area contributed by atoms with E-state index in [1.54, 1.807) is 0 Å². The Morgan fingerprint density at radius 1 is 1.16 bits per heavy atom. The molecule has 0 aromatic heterocycles. The minimum atomic E-state index is -0.466. The standard InChI is InChI=1S/C16H23F2N/c1-2-6-19-16-5-3-4-12(10-16)7-13-8-14(17)11-15(18)9-13/h8-9,11-12,16,19H,2-7,10H2,1H3. The summed E-state index contributed by atoms with van der Waals surface area (Å²) < 4.78 is 26.3. The second-order valence-corrected chi connectivity index (χ2v) is 5.67. The van der Waals surface area contributed by atoms with E-state index in [1.165, 1.54) is 31.4 Å². The Bertz CT molecular complexity index is 385. The molecular formula is C16H23F2N. The Hall–Kier alpha value is -0.960. The van der Waals surface area contributed by atoms with E-state index in [0.29, 0.717) is 12.0 Å². The summed E-state index contributed by atoms with van der Waals surface area (Å²) in [7, 11) is 0. The highest BCUT2D eigenvalue weighted by Crippen LogP contribution is 2.27. The second-order valence-electron chi connectivity index (χ2n) is 5.67. The van der Waals surface area contributed by atoms with Crippen molar-refractivity contribution < 1.29 is 8.78 Å². The van der Waals surface area contributed by atoms with Gasteiger partial charge in [0.05, 0.1) is 0 Å². The highest BCUT2D eigenvalue weighted by molar-refractivity contribution is 5.18. The van der Waals surface area contributed by atoms with Gasteiger partial charge in [-0.2, -0.15) is 0 Å². The third-order valence-electron chi connectivity index (χ3n) is 3.91. The molecule has 0 aliphatic heterocycles. The molecule has 2 rings (SSSR count). The van der Waals surface area contributed by atoms with Crippen LogP contribution in [0.5, 0.6) is 0 Å². The normalized spacial score (nSPS) is 23.5. The molecule has 19 heavy (non-hydrogen) atoms. The lowest BCUT2D eigenvalue weighted by Crippen LogP contribution is -2.35. The van der Waals surface area contributed by atoms with Crippen molar-refractivity contribution in [3.63, 3.8) is 0 Å². The van der Waals surface area contributed by atoms with Crippen molar-refractivity contribution in [3.05, 3.63) is 35.4 Å². The van der Waals surface area contributed by atoms with Gasteiger partial charge >= 0.3 is 0 Å². The van der Waals surface area contributed by atoms with Crippen molar-refractivity contribution in [2.45, 2.75) is 51.5 Å². The first kappa shape index (κ1) is 14.4. The predicted molar refractivity (Wildman–Crippen MR) is 74.1 cm³/mol. The molecule has 3 heteroatoms. The Morgan fingerprint density at radius 2 is 1.89 bits per heavy atom. The summed E-state index contributed by atoms with van der Waals surface area (Å²) in [6.45, 7) is 3.23. The molecule has 0 saturated heterocycles. The first-order chi connectivity index (χ1) is 9.17. The smallest absolute Gasteiger partial charge is 0.126 e. The topological polar surface area (TPSA) is 12.0 Å². The van der Waals surface area contributed by atoms with Gasteiger partial charge in [-0.25, -0.2) is 8.78 Å². The van der Waals surface area contributed by atoms with Gasteiger partial charge in [-0.1, -0.05) is 19.8 Å². The lowest BCUT2D eigenvalue weighted by atomic mass is 9.82. The van der Waals surface area contributed by atoms with Crippen molar-refractivity contribution in [1.82, 2.24) is 5.32 Å². The number of hydrogen-bond donors (Lipinski definition) is 1. The van der Waals surface area contributed by atoms with Crippen molar-refractivity contribution in [1.29, 1.82) is 0 Å². The van der Waals surface area contributed by atoms with Gasteiger partial charge < -0.3 is 5.32 Å². The lowest BCUT2D eigenvalue weighted by molar-refractivity contribution is 0.284. The highest BCUT2D eigenvalue weighted by atomic mass is 19.1. The number of rotatable bonds is 5. The molecule has 1 fully saturated rings. The fourth-order valence-electron chi connectivity index (χ4n) is 3.07. The van der Waals surface area contributed by atoms with E-state index in [1.807, 2.05) is 0 Å². The van der Waals surface area contributed by atoms with E-state index in [0.717, 1.165) is 37.4 Å². The lowest BCUT2D eigenvalue weighted by Gasteiger charge is -2.30. The minimum absolute atomic E-state index is 0.466. The van der Waals surface area contributed by atoms with Crippen LogP contribution in [-0.4, -0.2) is 12.6 Å². The quantitative estimate of drug-likeness (QED) is 0.848. The average molecular weight is 267 g/mol. The third-order valence-corrected chi connectivity index (χ3v) is 3.91. The molecule has 1 aromatic rings. The van der Waals surface area contributed by atoms with E-state index in [-0.39, 0.29) is 0 Å². The van der Waals surface area contributed by atoms with Gasteiger partial charge in [0.1, 0.15) is 11.6 Å². The molecule has 1 nitrogen and oxygen atoms in total. The van der Waals surface area contributed by atoms with E-state index >= 15 is 0 Å². The van der Waals surface area contributed by atoms with Crippen LogP contribution in [0.25, 0.3) is 0 Å². The predicted octanol–water partition coefficient (Wildman–Crippen LogP) is 4.07. The Labute approximate surface area is 114 Å². The SMILES string of the molecule is CCCNC1CCCC(Cc2cc(F)cc(F)c2)C1. The van der Waals surface area contributed by atoms with Gasteiger partial charge in [0.25, 0.3) is 0 Å². The summed E-state index contributed by atoms with van der Waals surface area (Å²) in [6.07, 6.45) is 6.67. The first-order valence-corrected chi connectivity index (χ1v) is 7.35. The summed E-state index contributed by atoms with van der Waals surface area (Å²) in [6, 6.07) is 4.45. The fourth-order valence-corrected chi connectivity index (χ4v) is 3.07. The zero-order valence-corrected chi connectivity index (χ0v) is 11.6. The van der Waals surface area contributed by atoms with Crippen LogP contribution in [0.2, 0.25) is 0 Å². The molecule has 1 aliphatic carbocycles. The number of benzene rings is 1. The Morgan fingerprint density at radius 3 is 2.58 bits per heavy atom. The van der Waals surface area contributed by atoms with Gasteiger partial charge in [-0.05, 0) is 55.8 Å². The molecular weight excluding hydrogens is 244 g/mol. The van der Waals surface area contributed by atoms with Gasteiger partial charge in [-0.3, -0.25) is 0 Å². The number of halogens is 2. The minimum Gasteiger partial charge on any atom is -0.314 e. The summed E-state index contributed by atoms with van der Waals surface area (Å²) in [5.41, 5.74) is 0.790. The summed E-state index contributed by atoms with van der Waals surface area (Å²) in [5.74, 6) is -0.387. The molecule has 1 aromatic carbocycles. The maximum atomic E-state index is 13.2. The van der Waals surface area contributed by atoms with E-state index in [4.69, 9.17) is 0 Å². The van der Waals surface area contributed by atoms with Crippen LogP contribution in [0.4, 0.5) is 8.78 Å². The Kier molecular flexibility index (Phi) is 5.32. The van der Waals surface area contributed by atoms with Crippen LogP contribution in [0.15, 0.2) is 18.2 Å². The molecule has 2 atom stereocenters. The fraction of sp³-hybridized carbons (Fsp3) is 0.625. The number of hydrogen-bond acceptors (Lipinski definition) is 1. The van der Waals surface area contributed by atoms with Gasteiger partial charge in [-0.15, -0.1) is 0 Å². The van der Waals surface area contributed by atoms with Crippen LogP contribution >= 0.6 is 0 Å². The van der Waals surface area contributed by atoms with Crippen molar-refractivity contribution in [3.8, 4) is 0 Å². The summed E-state index contributed by atoms with van der Waals surface area (Å²) >= 11 is 0. The second kappa shape index (κ2) is 6.99. The van der Waals surface area contributed by atoms with Crippen LogP contribution in [0, 0.1) is 17.6 Å². The van der Waals surface area contributed by atoms with Gasteiger partial charge in [0.2, 0.25) is 0 Å². The summed E-state index contributed by atoms with van der Waals surface area (Å²) in [4.78, 5) is 0. The van der Waals surface area contributed by atoms with E-state index in [2.05, 4.69) is 12.2 Å². The molecule has 0 spiro atoms. The molecule has 1 saturated carbocycles. The third kappa shape index (κ3) is 4.57. The largest absolute Gasteiger partial charge is 0.314 e.